The molecule has 0 aliphatic rings. The van der Waals surface area contributed by atoms with Gasteiger partial charge in [-0.05, 0) is 19.4 Å². The maximum Gasteiger partial charge on any atom is 0.239 e. The summed E-state index contributed by atoms with van der Waals surface area (Å²) in [4.78, 5) is 25.7. The fourth-order valence-electron chi connectivity index (χ4n) is 1.96. The number of nitrogens with zero attached hydrogens (tertiary/aromatic N) is 1. The highest BCUT2D eigenvalue weighted by Gasteiger charge is 2.27. The predicted octanol–water partition coefficient (Wildman–Crippen LogP) is 1.04. The van der Waals surface area contributed by atoms with Crippen LogP contribution in [0.4, 0.5) is 0 Å². The van der Waals surface area contributed by atoms with E-state index in [1.165, 1.54) is 4.90 Å². The van der Waals surface area contributed by atoms with E-state index in [2.05, 4.69) is 5.32 Å². The minimum absolute atomic E-state index is 0.0248. The summed E-state index contributed by atoms with van der Waals surface area (Å²) >= 11 is 5.01. The molecule has 0 aliphatic heterocycles. The Hall–Kier alpha value is -1.95. The van der Waals surface area contributed by atoms with Crippen LogP contribution < -0.4 is 11.1 Å². The molecule has 1 aromatic rings. The van der Waals surface area contributed by atoms with Crippen LogP contribution in [0.5, 0.6) is 0 Å². The van der Waals surface area contributed by atoms with Crippen LogP contribution in [0.1, 0.15) is 25.3 Å². The molecule has 0 fully saturated rings. The van der Waals surface area contributed by atoms with Gasteiger partial charge in [-0.2, -0.15) is 0 Å². The standard InChI is InChI=1S/C15H21N3O2S/c1-10(2)17-12(19)9-18(3)15(20)13(14(16)21)11-7-5-4-6-8-11/h4-8,10,13H,9H2,1-3H3,(H2,16,21)(H,17,19). The van der Waals surface area contributed by atoms with Crippen molar-refractivity contribution in [3.05, 3.63) is 35.9 Å². The lowest BCUT2D eigenvalue weighted by Crippen LogP contribution is -2.44. The first-order valence-corrected chi connectivity index (χ1v) is 7.12. The Morgan fingerprint density at radius 1 is 1.29 bits per heavy atom. The molecule has 1 aromatic carbocycles. The van der Waals surface area contributed by atoms with E-state index in [4.69, 9.17) is 18.0 Å². The van der Waals surface area contributed by atoms with Crippen molar-refractivity contribution in [1.82, 2.24) is 10.2 Å². The molecule has 114 valence electrons. The van der Waals surface area contributed by atoms with Gasteiger partial charge in [-0.15, -0.1) is 0 Å². The summed E-state index contributed by atoms with van der Waals surface area (Å²) in [6.07, 6.45) is 0. The number of thiocarbonyl (C=S) groups is 1. The highest BCUT2D eigenvalue weighted by molar-refractivity contribution is 7.80. The number of rotatable bonds is 6. The van der Waals surface area contributed by atoms with Crippen molar-refractivity contribution in [1.29, 1.82) is 0 Å². The predicted molar refractivity (Wildman–Crippen MR) is 86.9 cm³/mol. The van der Waals surface area contributed by atoms with E-state index in [0.29, 0.717) is 0 Å². The van der Waals surface area contributed by atoms with Gasteiger partial charge in [-0.3, -0.25) is 9.59 Å². The molecule has 3 N–H and O–H groups in total. The zero-order chi connectivity index (χ0) is 16.0. The molecule has 6 heteroatoms. The van der Waals surface area contributed by atoms with Crippen LogP contribution in [0.25, 0.3) is 0 Å². The lowest BCUT2D eigenvalue weighted by molar-refractivity contribution is -0.134. The van der Waals surface area contributed by atoms with Crippen LogP contribution in [-0.4, -0.2) is 41.3 Å². The lowest BCUT2D eigenvalue weighted by atomic mass is 9.97. The molecule has 0 radical (unpaired) electrons. The van der Waals surface area contributed by atoms with Crippen molar-refractivity contribution in [3.8, 4) is 0 Å². The number of nitrogens with one attached hydrogen (secondary N) is 1. The molecule has 1 unspecified atom stereocenters. The van der Waals surface area contributed by atoms with E-state index < -0.39 is 5.92 Å². The minimum Gasteiger partial charge on any atom is -0.392 e. The van der Waals surface area contributed by atoms with Crippen molar-refractivity contribution in [3.63, 3.8) is 0 Å². The first-order valence-electron chi connectivity index (χ1n) is 6.71. The molecule has 2 amide bonds. The maximum absolute atomic E-state index is 12.5. The summed E-state index contributed by atoms with van der Waals surface area (Å²) in [5, 5.41) is 2.74. The summed E-state index contributed by atoms with van der Waals surface area (Å²) in [6.45, 7) is 3.70. The molecule has 21 heavy (non-hydrogen) atoms. The fraction of sp³-hybridized carbons (Fsp3) is 0.400. The van der Waals surface area contributed by atoms with Crippen molar-refractivity contribution < 1.29 is 9.59 Å². The van der Waals surface area contributed by atoms with Crippen LogP contribution in [0.3, 0.4) is 0 Å². The number of benzene rings is 1. The highest BCUT2D eigenvalue weighted by atomic mass is 32.1. The van der Waals surface area contributed by atoms with Gasteiger partial charge in [0.1, 0.15) is 5.92 Å². The average Bonchev–Trinajstić information content (AvgIpc) is 2.38. The van der Waals surface area contributed by atoms with E-state index in [1.54, 1.807) is 19.2 Å². The van der Waals surface area contributed by atoms with E-state index in [9.17, 15) is 9.59 Å². The van der Waals surface area contributed by atoms with Gasteiger partial charge in [0, 0.05) is 13.1 Å². The second-order valence-electron chi connectivity index (χ2n) is 5.16. The van der Waals surface area contributed by atoms with Crippen molar-refractivity contribution in [2.75, 3.05) is 13.6 Å². The Kier molecular flexibility index (Phi) is 6.30. The van der Waals surface area contributed by atoms with Crippen LogP contribution >= 0.6 is 12.2 Å². The smallest absolute Gasteiger partial charge is 0.239 e. The van der Waals surface area contributed by atoms with Gasteiger partial charge in [0.2, 0.25) is 11.8 Å². The molecule has 0 saturated heterocycles. The molecule has 0 heterocycles. The maximum atomic E-state index is 12.5. The average molecular weight is 307 g/mol. The molecule has 0 aliphatic carbocycles. The van der Waals surface area contributed by atoms with Crippen molar-refractivity contribution in [2.24, 2.45) is 5.73 Å². The monoisotopic (exact) mass is 307 g/mol. The third-order valence-electron chi connectivity index (χ3n) is 2.87. The van der Waals surface area contributed by atoms with E-state index >= 15 is 0 Å². The third-order valence-corrected chi connectivity index (χ3v) is 3.11. The van der Waals surface area contributed by atoms with E-state index in [1.807, 2.05) is 32.0 Å². The number of hydrogen-bond donors (Lipinski definition) is 2. The van der Waals surface area contributed by atoms with Gasteiger partial charge in [0.05, 0.1) is 11.5 Å². The van der Waals surface area contributed by atoms with Crippen LogP contribution in [-0.2, 0) is 9.59 Å². The molecule has 0 spiro atoms. The summed E-state index contributed by atoms with van der Waals surface area (Å²) in [5.41, 5.74) is 6.43. The first kappa shape index (κ1) is 17.1. The van der Waals surface area contributed by atoms with Crippen LogP contribution in [0.2, 0.25) is 0 Å². The molecule has 0 aromatic heterocycles. The summed E-state index contributed by atoms with van der Waals surface area (Å²) in [5.74, 6) is -1.21. The van der Waals surface area contributed by atoms with Crippen LogP contribution in [0, 0.1) is 0 Å². The number of carbonyl (C=O) groups is 2. The quantitative estimate of drug-likeness (QED) is 0.770. The third kappa shape index (κ3) is 5.15. The van der Waals surface area contributed by atoms with Crippen LogP contribution in [0.15, 0.2) is 30.3 Å². The fourth-order valence-corrected chi connectivity index (χ4v) is 2.19. The number of hydrogen-bond acceptors (Lipinski definition) is 3. The first-order chi connectivity index (χ1) is 9.82. The lowest BCUT2D eigenvalue weighted by Gasteiger charge is -2.23. The summed E-state index contributed by atoms with van der Waals surface area (Å²) in [6, 6.07) is 9.11. The van der Waals surface area contributed by atoms with E-state index in [0.717, 1.165) is 5.56 Å². The Morgan fingerprint density at radius 3 is 2.33 bits per heavy atom. The summed E-state index contributed by atoms with van der Waals surface area (Å²) < 4.78 is 0. The molecular formula is C15H21N3O2S. The van der Waals surface area contributed by atoms with Gasteiger partial charge in [-0.25, -0.2) is 0 Å². The molecular weight excluding hydrogens is 286 g/mol. The number of carbonyl (C=O) groups excluding carboxylic acids is 2. The zero-order valence-electron chi connectivity index (χ0n) is 12.5. The normalized spacial score (nSPS) is 11.8. The SMILES string of the molecule is CC(C)NC(=O)CN(C)C(=O)C(C(N)=S)c1ccccc1. The Morgan fingerprint density at radius 2 is 1.86 bits per heavy atom. The van der Waals surface area contributed by atoms with Gasteiger partial charge >= 0.3 is 0 Å². The zero-order valence-corrected chi connectivity index (χ0v) is 13.3. The van der Waals surface area contributed by atoms with Gasteiger partial charge in [0.15, 0.2) is 0 Å². The molecule has 5 nitrogen and oxygen atoms in total. The number of amides is 2. The highest BCUT2D eigenvalue weighted by Crippen LogP contribution is 2.18. The Bertz CT molecular complexity index is 517. The van der Waals surface area contributed by atoms with Crippen molar-refractivity contribution >= 4 is 29.0 Å². The second kappa shape index (κ2) is 7.73. The molecule has 0 bridgehead atoms. The number of likely N-dealkylation sites (N-methyl/N-ethyl adjacent to an activating group) is 1. The molecule has 0 saturated carbocycles. The Labute approximate surface area is 130 Å². The summed E-state index contributed by atoms with van der Waals surface area (Å²) in [7, 11) is 1.57. The van der Waals surface area contributed by atoms with E-state index in [-0.39, 0.29) is 29.4 Å². The largest absolute Gasteiger partial charge is 0.392 e. The van der Waals surface area contributed by atoms with Gasteiger partial charge in [0.25, 0.3) is 0 Å². The number of nitrogens with two attached hydrogens (primary N) is 1. The molecule has 1 atom stereocenters. The van der Waals surface area contributed by atoms with Crippen molar-refractivity contribution in [2.45, 2.75) is 25.8 Å². The van der Waals surface area contributed by atoms with Gasteiger partial charge < -0.3 is 16.0 Å². The second-order valence-corrected chi connectivity index (χ2v) is 5.63. The minimum atomic E-state index is -0.710. The Balaban J connectivity index is 2.82. The van der Waals surface area contributed by atoms with Gasteiger partial charge in [-0.1, -0.05) is 42.5 Å². The molecule has 1 rings (SSSR count). The topological polar surface area (TPSA) is 75.4 Å².